The fourth-order valence-corrected chi connectivity index (χ4v) is 2.42. The van der Waals surface area contributed by atoms with Gasteiger partial charge < -0.3 is 10.6 Å². The van der Waals surface area contributed by atoms with Gasteiger partial charge in [0.05, 0.1) is 0 Å². The zero-order chi connectivity index (χ0) is 18.2. The van der Waals surface area contributed by atoms with Gasteiger partial charge in [0, 0.05) is 23.4 Å². The van der Waals surface area contributed by atoms with Gasteiger partial charge in [-0.25, -0.2) is 0 Å². The zero-order valence-corrected chi connectivity index (χ0v) is 15.1. The monoisotopic (exact) mass is 355 g/mol. The Bertz CT molecular complexity index is 772. The maximum atomic E-state index is 12.1. The summed E-state index contributed by atoms with van der Waals surface area (Å²) in [7, 11) is 0. The van der Waals surface area contributed by atoms with Crippen molar-refractivity contribution in [2.75, 3.05) is 10.6 Å². The Morgan fingerprint density at radius 3 is 2.24 bits per heavy atom. The van der Waals surface area contributed by atoms with E-state index in [0.717, 1.165) is 23.4 Å². The van der Waals surface area contributed by atoms with Crippen molar-refractivity contribution in [2.45, 2.75) is 26.7 Å². The largest absolute Gasteiger partial charge is 0.332 e. The molecule has 0 saturated carbocycles. The van der Waals surface area contributed by atoms with Gasteiger partial charge in [-0.1, -0.05) is 24.6 Å². The SMILES string of the molecule is CCCC(=O)Nc1ccc(NC(=S)NC(=O)c2cccc(C)c2)cc1. The number of hydrogen-bond donors (Lipinski definition) is 3. The summed E-state index contributed by atoms with van der Waals surface area (Å²) >= 11 is 5.17. The van der Waals surface area contributed by atoms with Gasteiger partial charge in [0.15, 0.2) is 5.11 Å². The Morgan fingerprint density at radius 2 is 1.64 bits per heavy atom. The smallest absolute Gasteiger partial charge is 0.257 e. The lowest BCUT2D eigenvalue weighted by molar-refractivity contribution is -0.116. The molecular formula is C19H21N3O2S. The minimum atomic E-state index is -0.260. The molecule has 0 fully saturated rings. The van der Waals surface area contributed by atoms with E-state index in [0.29, 0.717) is 12.0 Å². The summed E-state index contributed by atoms with van der Waals surface area (Å²) in [5, 5.41) is 8.63. The van der Waals surface area contributed by atoms with Gasteiger partial charge in [-0.3, -0.25) is 14.9 Å². The number of hydrogen-bond acceptors (Lipinski definition) is 3. The van der Waals surface area contributed by atoms with Crippen LogP contribution in [0.3, 0.4) is 0 Å². The van der Waals surface area contributed by atoms with Crippen molar-refractivity contribution in [1.82, 2.24) is 5.32 Å². The van der Waals surface area contributed by atoms with Crippen LogP contribution in [0.15, 0.2) is 48.5 Å². The lowest BCUT2D eigenvalue weighted by Gasteiger charge is -2.11. The van der Waals surface area contributed by atoms with E-state index >= 15 is 0 Å². The van der Waals surface area contributed by atoms with E-state index in [1.807, 2.05) is 26.0 Å². The molecule has 2 rings (SSSR count). The van der Waals surface area contributed by atoms with Crippen molar-refractivity contribution in [3.05, 3.63) is 59.7 Å². The highest BCUT2D eigenvalue weighted by molar-refractivity contribution is 7.80. The lowest BCUT2D eigenvalue weighted by Crippen LogP contribution is -2.34. The maximum absolute atomic E-state index is 12.1. The Morgan fingerprint density at radius 1 is 1.00 bits per heavy atom. The molecule has 2 aromatic rings. The molecule has 6 heteroatoms. The van der Waals surface area contributed by atoms with Gasteiger partial charge in [0.25, 0.3) is 5.91 Å². The van der Waals surface area contributed by atoms with Crippen molar-refractivity contribution in [3.8, 4) is 0 Å². The fourth-order valence-electron chi connectivity index (χ4n) is 2.21. The fraction of sp³-hybridized carbons (Fsp3) is 0.211. The van der Waals surface area contributed by atoms with Gasteiger partial charge in [0.1, 0.15) is 0 Å². The van der Waals surface area contributed by atoms with E-state index in [2.05, 4.69) is 16.0 Å². The number of rotatable bonds is 5. The van der Waals surface area contributed by atoms with E-state index in [1.54, 1.807) is 36.4 Å². The van der Waals surface area contributed by atoms with Gasteiger partial charge in [-0.05, 0) is 62.0 Å². The van der Waals surface area contributed by atoms with Crippen molar-refractivity contribution in [1.29, 1.82) is 0 Å². The summed E-state index contributed by atoms with van der Waals surface area (Å²) in [6.07, 6.45) is 1.30. The molecule has 0 aromatic heterocycles. The lowest BCUT2D eigenvalue weighted by atomic mass is 10.1. The van der Waals surface area contributed by atoms with Crippen LogP contribution < -0.4 is 16.0 Å². The molecule has 5 nitrogen and oxygen atoms in total. The van der Waals surface area contributed by atoms with Crippen LogP contribution in [0.25, 0.3) is 0 Å². The summed E-state index contributed by atoms with van der Waals surface area (Å²) in [6.45, 7) is 3.88. The number of carbonyl (C=O) groups excluding carboxylic acids is 2. The minimum Gasteiger partial charge on any atom is -0.332 e. The summed E-state index contributed by atoms with van der Waals surface area (Å²) in [4.78, 5) is 23.7. The molecule has 0 aliphatic carbocycles. The molecule has 0 bridgehead atoms. The molecule has 0 heterocycles. The minimum absolute atomic E-state index is 0.0100. The van der Waals surface area contributed by atoms with E-state index in [1.165, 1.54) is 0 Å². The molecule has 130 valence electrons. The Labute approximate surface area is 152 Å². The summed E-state index contributed by atoms with van der Waals surface area (Å²) in [5.74, 6) is -0.270. The first-order valence-corrected chi connectivity index (χ1v) is 8.47. The van der Waals surface area contributed by atoms with Gasteiger partial charge in [-0.15, -0.1) is 0 Å². The van der Waals surface area contributed by atoms with E-state index in [-0.39, 0.29) is 16.9 Å². The average molecular weight is 355 g/mol. The third-order valence-corrected chi connectivity index (χ3v) is 3.62. The number of nitrogens with one attached hydrogen (secondary N) is 3. The van der Waals surface area contributed by atoms with E-state index in [9.17, 15) is 9.59 Å². The molecule has 2 aromatic carbocycles. The molecule has 0 atom stereocenters. The first-order valence-electron chi connectivity index (χ1n) is 8.07. The molecule has 0 aliphatic heterocycles. The van der Waals surface area contributed by atoms with Crippen LogP contribution in [0.5, 0.6) is 0 Å². The van der Waals surface area contributed by atoms with Gasteiger partial charge >= 0.3 is 0 Å². The predicted molar refractivity (Wildman–Crippen MR) is 105 cm³/mol. The van der Waals surface area contributed by atoms with Gasteiger partial charge in [-0.2, -0.15) is 0 Å². The predicted octanol–water partition coefficient (Wildman–Crippen LogP) is 3.86. The molecule has 0 spiro atoms. The maximum Gasteiger partial charge on any atom is 0.257 e. The Hall–Kier alpha value is -2.73. The zero-order valence-electron chi connectivity index (χ0n) is 14.3. The summed E-state index contributed by atoms with van der Waals surface area (Å²) < 4.78 is 0. The highest BCUT2D eigenvalue weighted by Gasteiger charge is 2.08. The first-order chi connectivity index (χ1) is 12.0. The van der Waals surface area contributed by atoms with Crippen molar-refractivity contribution >= 4 is 40.5 Å². The van der Waals surface area contributed by atoms with E-state index in [4.69, 9.17) is 12.2 Å². The number of carbonyl (C=O) groups is 2. The topological polar surface area (TPSA) is 70.2 Å². The molecule has 0 unspecified atom stereocenters. The quantitative estimate of drug-likeness (QED) is 0.712. The van der Waals surface area contributed by atoms with Crippen molar-refractivity contribution in [3.63, 3.8) is 0 Å². The van der Waals surface area contributed by atoms with Crippen LogP contribution in [0.1, 0.15) is 35.7 Å². The summed E-state index contributed by atoms with van der Waals surface area (Å²) in [5.41, 5.74) is 3.01. The molecule has 25 heavy (non-hydrogen) atoms. The molecule has 0 saturated heterocycles. The molecule has 2 amide bonds. The third-order valence-electron chi connectivity index (χ3n) is 3.41. The number of benzene rings is 2. The van der Waals surface area contributed by atoms with Crippen LogP contribution >= 0.6 is 12.2 Å². The summed E-state index contributed by atoms with van der Waals surface area (Å²) in [6, 6.07) is 14.4. The van der Waals surface area contributed by atoms with Crippen molar-refractivity contribution in [2.24, 2.45) is 0 Å². The highest BCUT2D eigenvalue weighted by Crippen LogP contribution is 2.14. The first kappa shape index (κ1) is 18.6. The Kier molecular flexibility index (Phi) is 6.65. The van der Waals surface area contributed by atoms with Crippen LogP contribution in [-0.4, -0.2) is 16.9 Å². The standard InChI is InChI=1S/C19H21N3O2S/c1-3-5-17(23)20-15-8-10-16(11-9-15)21-19(25)22-18(24)14-7-4-6-13(2)12-14/h4,6-12H,3,5H2,1-2H3,(H,20,23)(H2,21,22,24,25). The second kappa shape index (κ2) is 8.94. The average Bonchev–Trinajstić information content (AvgIpc) is 2.56. The number of thiocarbonyl (C=S) groups is 1. The second-order valence-electron chi connectivity index (χ2n) is 5.65. The molecule has 3 N–H and O–H groups in total. The number of amides is 2. The molecule has 0 aliphatic rings. The molecule has 0 radical (unpaired) electrons. The highest BCUT2D eigenvalue weighted by atomic mass is 32.1. The van der Waals surface area contributed by atoms with Crippen LogP contribution in [0, 0.1) is 6.92 Å². The van der Waals surface area contributed by atoms with E-state index < -0.39 is 0 Å². The van der Waals surface area contributed by atoms with Crippen molar-refractivity contribution < 1.29 is 9.59 Å². The van der Waals surface area contributed by atoms with Crippen LogP contribution in [0.2, 0.25) is 0 Å². The Balaban J connectivity index is 1.90. The second-order valence-corrected chi connectivity index (χ2v) is 6.06. The molecular weight excluding hydrogens is 334 g/mol. The normalized spacial score (nSPS) is 10.0. The number of aryl methyl sites for hydroxylation is 1. The van der Waals surface area contributed by atoms with Crippen LogP contribution in [-0.2, 0) is 4.79 Å². The third kappa shape index (κ3) is 6.00. The van der Waals surface area contributed by atoms with Crippen LogP contribution in [0.4, 0.5) is 11.4 Å². The number of anilines is 2. The van der Waals surface area contributed by atoms with Gasteiger partial charge in [0.2, 0.25) is 5.91 Å².